The quantitative estimate of drug-likeness (QED) is 0.722. The average Bonchev–Trinajstić information content (AvgIpc) is 2.91. The van der Waals surface area contributed by atoms with E-state index in [4.69, 9.17) is 26.4 Å². The van der Waals surface area contributed by atoms with Gasteiger partial charge in [-0.3, -0.25) is 0 Å². The number of ether oxygens (including phenoxy) is 3. The minimum atomic E-state index is -0.751. The number of fused-ring (bicyclic) bond motifs is 1. The van der Waals surface area contributed by atoms with E-state index in [1.54, 1.807) is 13.8 Å². The smallest absolute Gasteiger partial charge is 0.190 e. The zero-order valence-corrected chi connectivity index (χ0v) is 13.3. The summed E-state index contributed by atoms with van der Waals surface area (Å²) in [7, 11) is 0. The molecular weight excluding hydrogens is 304 g/mol. The number of thiocarbonyl (C=S) groups is 1. The van der Waals surface area contributed by atoms with Gasteiger partial charge in [-0.1, -0.05) is 18.2 Å². The monoisotopic (exact) mass is 324 g/mol. The van der Waals surface area contributed by atoms with Gasteiger partial charge in [0.25, 0.3) is 0 Å². The molecule has 2 aliphatic rings. The highest BCUT2D eigenvalue weighted by Gasteiger charge is 2.54. The summed E-state index contributed by atoms with van der Waals surface area (Å²) in [5.74, 6) is -0.723. The molecule has 0 aromatic heterocycles. The summed E-state index contributed by atoms with van der Waals surface area (Å²) in [5, 5.41) is 16.8. The first-order valence-corrected chi connectivity index (χ1v) is 7.64. The Hall–Kier alpha value is -1.25. The lowest BCUT2D eigenvalue weighted by Crippen LogP contribution is -2.42. The van der Waals surface area contributed by atoms with Gasteiger partial charge < -0.3 is 30.0 Å². The molecule has 0 saturated carbocycles. The van der Waals surface area contributed by atoms with Gasteiger partial charge in [-0.05, 0) is 38.2 Å². The fourth-order valence-corrected chi connectivity index (χ4v) is 2.82. The Bertz CT molecular complexity index is 540. The van der Waals surface area contributed by atoms with Crippen LogP contribution in [0.3, 0.4) is 0 Å². The van der Waals surface area contributed by atoms with E-state index >= 15 is 0 Å². The Morgan fingerprint density at radius 2 is 2.00 bits per heavy atom. The van der Waals surface area contributed by atoms with Crippen LogP contribution in [0.15, 0.2) is 30.3 Å². The molecule has 2 heterocycles. The number of rotatable bonds is 3. The Labute approximate surface area is 134 Å². The minimum Gasteiger partial charge on any atom is -0.387 e. The molecule has 0 spiro atoms. The number of nitrogens with one attached hydrogen (secondary N) is 2. The second kappa shape index (κ2) is 6.10. The molecule has 1 aromatic rings. The predicted octanol–water partition coefficient (Wildman–Crippen LogP) is 1.21. The maximum absolute atomic E-state index is 10.3. The van der Waals surface area contributed by atoms with Crippen LogP contribution in [-0.4, -0.2) is 47.2 Å². The van der Waals surface area contributed by atoms with Gasteiger partial charge in [-0.15, -0.1) is 0 Å². The van der Waals surface area contributed by atoms with Crippen molar-refractivity contribution in [3.05, 3.63) is 30.3 Å². The highest BCUT2D eigenvalue weighted by molar-refractivity contribution is 7.80. The number of hydrogen-bond donors (Lipinski definition) is 3. The largest absolute Gasteiger partial charge is 0.387 e. The Morgan fingerprint density at radius 1 is 1.27 bits per heavy atom. The number of anilines is 1. The van der Waals surface area contributed by atoms with Crippen LogP contribution in [0.1, 0.15) is 13.8 Å². The Balaban J connectivity index is 1.48. The standard InChI is InChI=1S/C15H20N2O4S/c1-15(2)20-12-11(18)10(19-13(12)21-15)8-16-14(22)17-9-6-4-3-5-7-9/h3-7,10-13,18H,8H2,1-2H3,(H2,16,17,22)/t10-,11+,12-,13-/m1/s1. The molecule has 3 rings (SSSR count). The van der Waals surface area contributed by atoms with Crippen LogP contribution in [0.2, 0.25) is 0 Å². The fraction of sp³-hybridized carbons (Fsp3) is 0.533. The van der Waals surface area contributed by atoms with E-state index in [1.165, 1.54) is 0 Å². The molecule has 0 radical (unpaired) electrons. The molecule has 4 atom stereocenters. The third-order valence-corrected chi connectivity index (χ3v) is 3.86. The first-order valence-electron chi connectivity index (χ1n) is 7.24. The van der Waals surface area contributed by atoms with Crippen LogP contribution in [0.5, 0.6) is 0 Å². The maximum Gasteiger partial charge on any atom is 0.190 e. The third kappa shape index (κ3) is 3.39. The van der Waals surface area contributed by atoms with Crippen LogP contribution >= 0.6 is 12.2 Å². The predicted molar refractivity (Wildman–Crippen MR) is 85.4 cm³/mol. The van der Waals surface area contributed by atoms with Crippen molar-refractivity contribution in [3.63, 3.8) is 0 Å². The lowest BCUT2D eigenvalue weighted by molar-refractivity contribution is -0.213. The first-order chi connectivity index (χ1) is 10.4. The van der Waals surface area contributed by atoms with Crippen LogP contribution in [0, 0.1) is 0 Å². The highest BCUT2D eigenvalue weighted by Crippen LogP contribution is 2.37. The molecular formula is C15H20N2O4S. The van der Waals surface area contributed by atoms with Crippen molar-refractivity contribution in [3.8, 4) is 0 Å². The molecule has 0 aliphatic carbocycles. The first kappa shape index (κ1) is 15.6. The van der Waals surface area contributed by atoms with Crippen molar-refractivity contribution < 1.29 is 19.3 Å². The molecule has 7 heteroatoms. The van der Waals surface area contributed by atoms with Gasteiger partial charge in [0.05, 0.1) is 0 Å². The molecule has 2 fully saturated rings. The lowest BCUT2D eigenvalue weighted by atomic mass is 10.1. The van der Waals surface area contributed by atoms with E-state index in [-0.39, 0.29) is 0 Å². The van der Waals surface area contributed by atoms with Gasteiger partial charge in [0, 0.05) is 12.2 Å². The van der Waals surface area contributed by atoms with E-state index in [2.05, 4.69) is 10.6 Å². The van der Waals surface area contributed by atoms with Crippen LogP contribution < -0.4 is 10.6 Å². The van der Waals surface area contributed by atoms with Crippen molar-refractivity contribution in [1.29, 1.82) is 0 Å². The van der Waals surface area contributed by atoms with Gasteiger partial charge in [0.15, 0.2) is 17.2 Å². The van der Waals surface area contributed by atoms with Crippen molar-refractivity contribution in [2.75, 3.05) is 11.9 Å². The minimum absolute atomic E-state index is 0.375. The van der Waals surface area contributed by atoms with Gasteiger partial charge in [-0.25, -0.2) is 0 Å². The van der Waals surface area contributed by atoms with Crippen molar-refractivity contribution in [1.82, 2.24) is 5.32 Å². The molecule has 0 unspecified atom stereocenters. The van der Waals surface area contributed by atoms with E-state index in [9.17, 15) is 5.11 Å². The average molecular weight is 324 g/mol. The van der Waals surface area contributed by atoms with Crippen molar-refractivity contribution in [2.24, 2.45) is 0 Å². The summed E-state index contributed by atoms with van der Waals surface area (Å²) < 4.78 is 16.9. The number of aliphatic hydroxyl groups excluding tert-OH is 1. The second-order valence-electron chi connectivity index (χ2n) is 5.83. The van der Waals surface area contributed by atoms with Crippen LogP contribution in [0.25, 0.3) is 0 Å². The molecule has 2 aliphatic heterocycles. The van der Waals surface area contributed by atoms with Crippen molar-refractivity contribution >= 4 is 23.0 Å². The summed E-state index contributed by atoms with van der Waals surface area (Å²) in [4.78, 5) is 0. The summed E-state index contributed by atoms with van der Waals surface area (Å²) in [5.41, 5.74) is 0.901. The number of aliphatic hydroxyl groups is 1. The third-order valence-electron chi connectivity index (χ3n) is 3.61. The Kier molecular flexibility index (Phi) is 4.33. The number of para-hydroxylation sites is 1. The summed E-state index contributed by atoms with van der Waals surface area (Å²) >= 11 is 5.23. The number of benzene rings is 1. The molecule has 2 saturated heterocycles. The number of hydrogen-bond acceptors (Lipinski definition) is 5. The molecule has 22 heavy (non-hydrogen) atoms. The van der Waals surface area contributed by atoms with Crippen molar-refractivity contribution in [2.45, 2.75) is 44.2 Å². The fourth-order valence-electron chi connectivity index (χ4n) is 2.62. The van der Waals surface area contributed by atoms with Gasteiger partial charge in [0.1, 0.15) is 18.3 Å². The molecule has 3 N–H and O–H groups in total. The van der Waals surface area contributed by atoms with Gasteiger partial charge >= 0.3 is 0 Å². The summed E-state index contributed by atoms with van der Waals surface area (Å²) in [6.07, 6.45) is -2.18. The highest BCUT2D eigenvalue weighted by atomic mass is 32.1. The topological polar surface area (TPSA) is 72.0 Å². The summed E-state index contributed by atoms with van der Waals surface area (Å²) in [6.45, 7) is 3.97. The maximum atomic E-state index is 10.3. The molecule has 1 aromatic carbocycles. The SMILES string of the molecule is CC1(C)O[C@H]2O[C@H](CNC(=S)Nc3ccccc3)[C@H](O)[C@H]2O1. The lowest BCUT2D eigenvalue weighted by Gasteiger charge is -2.23. The van der Waals surface area contributed by atoms with E-state index in [0.717, 1.165) is 5.69 Å². The molecule has 6 nitrogen and oxygen atoms in total. The second-order valence-corrected chi connectivity index (χ2v) is 6.24. The zero-order chi connectivity index (χ0) is 15.7. The molecule has 0 bridgehead atoms. The van der Waals surface area contributed by atoms with E-state index in [0.29, 0.717) is 11.7 Å². The summed E-state index contributed by atoms with van der Waals surface area (Å²) in [6, 6.07) is 9.62. The van der Waals surface area contributed by atoms with Gasteiger partial charge in [0.2, 0.25) is 0 Å². The van der Waals surface area contributed by atoms with Gasteiger partial charge in [-0.2, -0.15) is 0 Å². The van der Waals surface area contributed by atoms with E-state index < -0.39 is 30.4 Å². The molecule has 120 valence electrons. The normalized spacial score (nSPS) is 32.5. The van der Waals surface area contributed by atoms with Crippen LogP contribution in [-0.2, 0) is 14.2 Å². The Morgan fingerprint density at radius 3 is 2.68 bits per heavy atom. The zero-order valence-electron chi connectivity index (χ0n) is 12.5. The van der Waals surface area contributed by atoms with E-state index in [1.807, 2.05) is 30.3 Å². The molecule has 0 amide bonds. The van der Waals surface area contributed by atoms with Crippen LogP contribution in [0.4, 0.5) is 5.69 Å².